The molecule has 73 heavy (non-hydrogen) atoms. The summed E-state index contributed by atoms with van der Waals surface area (Å²) in [4.78, 5) is 36.1. The van der Waals surface area contributed by atoms with E-state index >= 15 is 0 Å². The monoisotopic (exact) mass is 1000 g/mol. The molecule has 0 unspecified atom stereocenters. The SMILES string of the molecule is CC.CC.Cc1cc(F)c(F)c(-c2c(C)cnc3c(C(C)C)c(C(=O)NN4CCOc5ccccc54)nn23)c1.Cc1cc(F)c(F)c(-c2cccn3c(C(C)C)c(C(=O)NN4CCOc5ccccc54)nc23)c1.[HH].[HH]. The van der Waals surface area contributed by atoms with Gasteiger partial charge in [0.1, 0.15) is 30.4 Å². The number of benzene rings is 4. The molecule has 2 aliphatic rings. The second kappa shape index (κ2) is 22.6. The van der Waals surface area contributed by atoms with Crippen LogP contribution in [0.3, 0.4) is 0 Å². The van der Waals surface area contributed by atoms with Gasteiger partial charge in [-0.15, -0.1) is 0 Å². The number of hydrazine groups is 2. The van der Waals surface area contributed by atoms with Crippen LogP contribution in [0.25, 0.3) is 33.7 Å². The summed E-state index contributed by atoms with van der Waals surface area (Å²) in [5.41, 5.74) is 12.6. The van der Waals surface area contributed by atoms with E-state index in [1.807, 2.05) is 104 Å². The number of ether oxygens (including phenoxy) is 2. The van der Waals surface area contributed by atoms with Gasteiger partial charge in [-0.2, -0.15) is 5.10 Å². The van der Waals surface area contributed by atoms with E-state index in [0.717, 1.165) is 23.5 Å². The molecule has 0 atom stereocenters. The first-order valence-electron chi connectivity index (χ1n) is 24.5. The van der Waals surface area contributed by atoms with Gasteiger partial charge >= 0.3 is 0 Å². The quantitative estimate of drug-likeness (QED) is 0.143. The van der Waals surface area contributed by atoms with Gasteiger partial charge in [0.25, 0.3) is 11.8 Å². The maximum atomic E-state index is 14.9. The summed E-state index contributed by atoms with van der Waals surface area (Å²) < 4.78 is 72.7. The molecule has 0 saturated heterocycles. The largest absolute Gasteiger partial charge is 0.489 e. The molecule has 4 aromatic carbocycles. The Balaban J connectivity index is 0.000000254. The first-order valence-corrected chi connectivity index (χ1v) is 24.5. The van der Waals surface area contributed by atoms with Gasteiger partial charge < -0.3 is 13.9 Å². The van der Waals surface area contributed by atoms with Gasteiger partial charge in [0.05, 0.1) is 35.9 Å². The van der Waals surface area contributed by atoms with Crippen LogP contribution in [0, 0.1) is 44.0 Å². The second-order valence-electron chi connectivity index (χ2n) is 17.6. The smallest absolute Gasteiger partial charge is 0.290 e. The van der Waals surface area contributed by atoms with Crippen LogP contribution in [0.4, 0.5) is 28.9 Å². The number of aryl methyl sites for hydroxylation is 3. The van der Waals surface area contributed by atoms with Crippen molar-refractivity contribution in [1.29, 1.82) is 0 Å². The minimum Gasteiger partial charge on any atom is -0.489 e. The van der Waals surface area contributed by atoms with Gasteiger partial charge in [-0.25, -0.2) is 32.0 Å². The van der Waals surface area contributed by atoms with Crippen molar-refractivity contribution in [3.63, 3.8) is 0 Å². The number of carbonyl (C=O) groups excluding carboxylic acids is 2. The molecule has 6 heterocycles. The number of anilines is 2. The molecule has 2 amide bonds. The molecule has 0 bridgehead atoms. The third kappa shape index (κ3) is 10.5. The number of rotatable bonds is 8. The third-order valence-corrected chi connectivity index (χ3v) is 11.9. The lowest BCUT2D eigenvalue weighted by Gasteiger charge is -2.31. The number of hydrogen-bond donors (Lipinski definition) is 2. The van der Waals surface area contributed by atoms with Gasteiger partial charge in [-0.3, -0.25) is 30.5 Å². The fourth-order valence-electron chi connectivity index (χ4n) is 8.87. The summed E-state index contributed by atoms with van der Waals surface area (Å²) >= 11 is 0. The molecule has 13 nitrogen and oxygen atoms in total. The van der Waals surface area contributed by atoms with Crippen LogP contribution in [0.5, 0.6) is 11.5 Å². The predicted molar refractivity (Wildman–Crippen MR) is 282 cm³/mol. The number of nitrogens with zero attached hydrogens (tertiary/aromatic N) is 7. The molecule has 0 radical (unpaired) electrons. The highest BCUT2D eigenvalue weighted by Gasteiger charge is 2.30. The van der Waals surface area contributed by atoms with E-state index in [2.05, 4.69) is 25.9 Å². The molecule has 8 aromatic rings. The molecule has 4 aromatic heterocycles. The average molecular weight is 1000 g/mol. The van der Waals surface area contributed by atoms with E-state index in [-0.39, 0.29) is 43.1 Å². The fraction of sp³-hybridized carbons (Fsp3) is 0.304. The number of nitrogens with one attached hydrogen (secondary N) is 2. The number of aromatic nitrogens is 5. The lowest BCUT2D eigenvalue weighted by molar-refractivity contribution is 0.0930. The molecule has 0 saturated carbocycles. The summed E-state index contributed by atoms with van der Waals surface area (Å²) in [6.07, 6.45) is 3.38. The van der Waals surface area contributed by atoms with E-state index in [9.17, 15) is 27.2 Å². The Bertz CT molecular complexity index is 3330. The Hall–Kier alpha value is -7.95. The number of amides is 2. The standard InChI is InChI=1S/C26H25F2N5O2.C26H24F2N4O2.2C2H6.2H2/c1-14(2)21-23(26(34)31-32-9-10-35-20-8-6-5-7-19(20)32)30-33-24(16(4)13-29-25(21)33)17-11-15(3)12-18(27)22(17)28;1-15(2)24-23(26(33)30-32-11-12-34-21-9-5-4-8-20(21)32)29-25-17(7-6-10-31(24)25)18-13-16(3)14-19(27)22(18)28;2*1-2;;/h5-8,11-14H,9-10H2,1-4H3,(H,31,34);4-10,13-15H,11-12H2,1-3H3,(H,30,33);2*1-2H3;2*1H. The van der Waals surface area contributed by atoms with E-state index in [4.69, 9.17) is 9.47 Å². The van der Waals surface area contributed by atoms with Crippen molar-refractivity contribution in [2.45, 2.75) is 88.0 Å². The van der Waals surface area contributed by atoms with Gasteiger partial charge in [0, 0.05) is 37.5 Å². The van der Waals surface area contributed by atoms with Crippen molar-refractivity contribution in [3.05, 3.63) is 160 Å². The minimum absolute atomic E-state index is 0. The van der Waals surface area contributed by atoms with E-state index in [0.29, 0.717) is 88.3 Å². The van der Waals surface area contributed by atoms with Gasteiger partial charge in [-0.05, 0) is 110 Å². The maximum absolute atomic E-state index is 14.9. The number of hydrogen-bond acceptors (Lipinski definition) is 9. The van der Waals surface area contributed by atoms with Crippen LogP contribution in [-0.4, -0.2) is 62.1 Å². The third-order valence-electron chi connectivity index (χ3n) is 11.9. The van der Waals surface area contributed by atoms with Crippen molar-refractivity contribution in [2.24, 2.45) is 0 Å². The highest BCUT2D eigenvalue weighted by Crippen LogP contribution is 2.36. The zero-order chi connectivity index (χ0) is 52.8. The van der Waals surface area contributed by atoms with Crippen molar-refractivity contribution in [1.82, 2.24) is 34.8 Å². The summed E-state index contributed by atoms with van der Waals surface area (Å²) in [7, 11) is 0. The van der Waals surface area contributed by atoms with E-state index in [1.54, 1.807) is 71.8 Å². The van der Waals surface area contributed by atoms with Gasteiger partial charge in [-0.1, -0.05) is 79.7 Å². The van der Waals surface area contributed by atoms with Gasteiger partial charge in [0.2, 0.25) is 0 Å². The number of para-hydroxylation sites is 4. The molecule has 0 spiro atoms. The van der Waals surface area contributed by atoms with E-state index in [1.165, 1.54) is 4.52 Å². The Morgan fingerprint density at radius 1 is 0.644 bits per heavy atom. The molecule has 0 fully saturated rings. The van der Waals surface area contributed by atoms with Crippen LogP contribution in [0.15, 0.2) is 97.3 Å². The minimum atomic E-state index is -0.969. The lowest BCUT2D eigenvalue weighted by Crippen LogP contribution is -2.47. The second-order valence-corrected chi connectivity index (χ2v) is 17.6. The Morgan fingerprint density at radius 3 is 1.71 bits per heavy atom. The van der Waals surface area contributed by atoms with Crippen LogP contribution >= 0.6 is 0 Å². The summed E-state index contributed by atoms with van der Waals surface area (Å²) in [6.45, 7) is 22.7. The van der Waals surface area contributed by atoms with Crippen molar-refractivity contribution in [3.8, 4) is 33.9 Å². The summed E-state index contributed by atoms with van der Waals surface area (Å²) in [5, 5.41) is 8.06. The molecule has 2 N–H and O–H groups in total. The normalized spacial score (nSPS) is 12.6. The first-order chi connectivity index (χ1) is 35.1. The molecular weight excluding hydrogens is 939 g/mol. The topological polar surface area (TPSA) is 131 Å². The molecule has 17 heteroatoms. The van der Waals surface area contributed by atoms with Crippen LogP contribution < -0.4 is 30.3 Å². The highest BCUT2D eigenvalue weighted by atomic mass is 19.2. The predicted octanol–water partition coefficient (Wildman–Crippen LogP) is 12.8. The van der Waals surface area contributed by atoms with Gasteiger partial charge in [0.15, 0.2) is 40.3 Å². The Labute approximate surface area is 425 Å². The summed E-state index contributed by atoms with van der Waals surface area (Å²) in [6, 6.07) is 23.8. The maximum Gasteiger partial charge on any atom is 0.290 e. The molecular formula is C56H65F4N9O4. The average Bonchev–Trinajstić information content (AvgIpc) is 3.99. The fourth-order valence-corrected chi connectivity index (χ4v) is 8.87. The van der Waals surface area contributed by atoms with Crippen molar-refractivity contribution >= 4 is 34.5 Å². The zero-order valence-electron chi connectivity index (χ0n) is 43.0. The van der Waals surface area contributed by atoms with Crippen LogP contribution in [0.1, 0.15) is 119 Å². The number of halogens is 4. The zero-order valence-corrected chi connectivity index (χ0v) is 43.0. The first kappa shape index (κ1) is 52.9. The molecule has 10 rings (SSSR count). The number of fused-ring (bicyclic) bond motifs is 4. The number of carbonyl (C=O) groups is 2. The van der Waals surface area contributed by atoms with Crippen molar-refractivity contribution in [2.75, 3.05) is 36.3 Å². The van der Waals surface area contributed by atoms with Crippen LogP contribution in [0.2, 0.25) is 0 Å². The number of imidazole rings is 1. The Kier molecular flexibility index (Phi) is 16.4. The summed E-state index contributed by atoms with van der Waals surface area (Å²) in [5.74, 6) is -3.37. The highest BCUT2D eigenvalue weighted by molar-refractivity contribution is 5.98. The lowest BCUT2D eigenvalue weighted by atomic mass is 10.0. The van der Waals surface area contributed by atoms with Crippen molar-refractivity contribution < 1.29 is 39.5 Å². The van der Waals surface area contributed by atoms with E-state index < -0.39 is 29.2 Å². The Morgan fingerprint density at radius 2 is 1.16 bits per heavy atom. The number of pyridine rings is 1. The molecule has 2 aliphatic heterocycles. The molecule has 386 valence electrons. The molecule has 0 aliphatic carbocycles. The van der Waals surface area contributed by atoms with Crippen LogP contribution in [-0.2, 0) is 0 Å².